The second kappa shape index (κ2) is 12.2. The van der Waals surface area contributed by atoms with Gasteiger partial charge < -0.3 is 19.7 Å². The van der Waals surface area contributed by atoms with Crippen LogP contribution in [-0.2, 0) is 22.7 Å². The number of methoxy groups -OCH3 is 1. The molecular formula is C26H28N2O4. The largest absolute Gasteiger partial charge is 0.497 e. The number of carbonyl (C=O) groups excluding carboxylic acids is 2. The molecule has 0 saturated heterocycles. The van der Waals surface area contributed by atoms with Crippen LogP contribution in [0.25, 0.3) is 0 Å². The zero-order chi connectivity index (χ0) is 22.6. The highest BCUT2D eigenvalue weighted by molar-refractivity contribution is 5.93. The van der Waals surface area contributed by atoms with Gasteiger partial charge in [-0.3, -0.25) is 4.79 Å². The van der Waals surface area contributed by atoms with Gasteiger partial charge in [-0.15, -0.1) is 0 Å². The first kappa shape index (κ1) is 22.9. The van der Waals surface area contributed by atoms with Crippen molar-refractivity contribution in [2.24, 2.45) is 0 Å². The molecular weight excluding hydrogens is 404 g/mol. The SMILES string of the molecule is COc1ccc(N(Cc2ccccc2)C(=O)CCCNC(=O)OCc2ccccc2)cc1. The summed E-state index contributed by atoms with van der Waals surface area (Å²) in [5, 5.41) is 2.70. The van der Waals surface area contributed by atoms with Gasteiger partial charge in [-0.25, -0.2) is 4.79 Å². The van der Waals surface area contributed by atoms with Crippen molar-refractivity contribution in [3.05, 3.63) is 96.1 Å². The molecule has 6 heteroatoms. The molecule has 166 valence electrons. The van der Waals surface area contributed by atoms with Crippen molar-refractivity contribution in [2.75, 3.05) is 18.6 Å². The Balaban J connectivity index is 1.51. The molecule has 32 heavy (non-hydrogen) atoms. The predicted octanol–water partition coefficient (Wildman–Crippen LogP) is 4.94. The van der Waals surface area contributed by atoms with Gasteiger partial charge in [0, 0.05) is 18.7 Å². The van der Waals surface area contributed by atoms with Crippen LogP contribution in [0.2, 0.25) is 0 Å². The van der Waals surface area contributed by atoms with Crippen LogP contribution in [0.3, 0.4) is 0 Å². The topological polar surface area (TPSA) is 67.9 Å². The van der Waals surface area contributed by atoms with Crippen LogP contribution in [0.5, 0.6) is 5.75 Å². The first-order valence-corrected chi connectivity index (χ1v) is 10.6. The lowest BCUT2D eigenvalue weighted by Crippen LogP contribution is -2.31. The van der Waals surface area contributed by atoms with Crippen LogP contribution < -0.4 is 15.0 Å². The maximum Gasteiger partial charge on any atom is 0.407 e. The maximum atomic E-state index is 13.0. The van der Waals surface area contributed by atoms with Crippen LogP contribution in [0.1, 0.15) is 24.0 Å². The number of rotatable bonds is 10. The maximum absolute atomic E-state index is 13.0. The third-order valence-electron chi connectivity index (χ3n) is 4.92. The van der Waals surface area contributed by atoms with Crippen LogP contribution in [0, 0.1) is 0 Å². The molecule has 0 aliphatic rings. The van der Waals surface area contributed by atoms with E-state index in [0.29, 0.717) is 25.9 Å². The van der Waals surface area contributed by atoms with Crippen LogP contribution >= 0.6 is 0 Å². The van der Waals surface area contributed by atoms with Crippen molar-refractivity contribution in [3.8, 4) is 5.75 Å². The molecule has 0 saturated carbocycles. The van der Waals surface area contributed by atoms with Gasteiger partial charge in [-0.05, 0) is 41.8 Å². The van der Waals surface area contributed by atoms with Gasteiger partial charge >= 0.3 is 6.09 Å². The van der Waals surface area contributed by atoms with E-state index in [4.69, 9.17) is 9.47 Å². The molecule has 0 aliphatic heterocycles. The third-order valence-corrected chi connectivity index (χ3v) is 4.92. The van der Waals surface area contributed by atoms with Crippen LogP contribution in [-0.4, -0.2) is 25.7 Å². The molecule has 3 aromatic carbocycles. The number of alkyl carbamates (subject to hydrolysis) is 1. The van der Waals surface area contributed by atoms with Gasteiger partial charge in [-0.1, -0.05) is 60.7 Å². The monoisotopic (exact) mass is 432 g/mol. The number of hydrogen-bond donors (Lipinski definition) is 1. The average molecular weight is 433 g/mol. The molecule has 0 bridgehead atoms. The highest BCUT2D eigenvalue weighted by atomic mass is 16.5. The van der Waals surface area contributed by atoms with Crippen molar-refractivity contribution in [1.29, 1.82) is 0 Å². The summed E-state index contributed by atoms with van der Waals surface area (Å²) in [4.78, 5) is 26.6. The molecule has 0 fully saturated rings. The summed E-state index contributed by atoms with van der Waals surface area (Å²) in [6.45, 7) is 1.05. The first-order chi connectivity index (χ1) is 15.7. The summed E-state index contributed by atoms with van der Waals surface area (Å²) in [5.41, 5.74) is 2.77. The number of ether oxygens (including phenoxy) is 2. The standard InChI is InChI=1S/C26H28N2O4/c1-31-24-16-14-23(15-17-24)28(19-21-9-4-2-5-10-21)25(29)13-8-18-27-26(30)32-20-22-11-6-3-7-12-22/h2-7,9-12,14-17H,8,13,18-20H2,1H3,(H,27,30). The van der Waals surface area contributed by atoms with E-state index in [1.807, 2.05) is 84.9 Å². The van der Waals surface area contributed by atoms with Crippen LogP contribution in [0.4, 0.5) is 10.5 Å². The number of anilines is 1. The fourth-order valence-electron chi connectivity index (χ4n) is 3.19. The molecule has 0 spiro atoms. The number of amides is 2. The predicted molar refractivity (Wildman–Crippen MR) is 124 cm³/mol. The van der Waals surface area contributed by atoms with E-state index in [0.717, 1.165) is 22.6 Å². The van der Waals surface area contributed by atoms with Crippen LogP contribution in [0.15, 0.2) is 84.9 Å². The highest BCUT2D eigenvalue weighted by Gasteiger charge is 2.16. The fraction of sp³-hybridized carbons (Fsp3) is 0.231. The Bertz CT molecular complexity index is 976. The van der Waals surface area contributed by atoms with Gasteiger partial charge in [0.1, 0.15) is 12.4 Å². The van der Waals surface area contributed by atoms with E-state index in [1.165, 1.54) is 0 Å². The van der Waals surface area contributed by atoms with E-state index in [9.17, 15) is 9.59 Å². The Hall–Kier alpha value is -3.80. The summed E-state index contributed by atoms with van der Waals surface area (Å²) in [6.07, 6.45) is 0.330. The lowest BCUT2D eigenvalue weighted by Gasteiger charge is -2.23. The quantitative estimate of drug-likeness (QED) is 0.461. The molecule has 0 aromatic heterocycles. The lowest BCUT2D eigenvalue weighted by molar-refractivity contribution is -0.118. The molecule has 1 N–H and O–H groups in total. The molecule has 0 heterocycles. The van der Waals surface area contributed by atoms with E-state index in [1.54, 1.807) is 12.0 Å². The zero-order valence-electron chi connectivity index (χ0n) is 18.2. The van der Waals surface area contributed by atoms with E-state index in [2.05, 4.69) is 5.32 Å². The molecule has 6 nitrogen and oxygen atoms in total. The highest BCUT2D eigenvalue weighted by Crippen LogP contribution is 2.22. The molecule has 2 amide bonds. The molecule has 0 atom stereocenters. The van der Waals surface area contributed by atoms with Crippen molar-refractivity contribution in [1.82, 2.24) is 5.32 Å². The lowest BCUT2D eigenvalue weighted by atomic mass is 10.1. The average Bonchev–Trinajstić information content (AvgIpc) is 2.85. The summed E-state index contributed by atoms with van der Waals surface area (Å²) in [5.74, 6) is 0.720. The Morgan fingerprint density at radius 2 is 1.47 bits per heavy atom. The van der Waals surface area contributed by atoms with Gasteiger partial charge in [0.25, 0.3) is 0 Å². The molecule has 3 rings (SSSR count). The van der Waals surface area contributed by atoms with E-state index in [-0.39, 0.29) is 12.5 Å². The fourth-order valence-corrected chi connectivity index (χ4v) is 3.19. The minimum atomic E-state index is -0.488. The number of hydrogen-bond acceptors (Lipinski definition) is 4. The van der Waals surface area contributed by atoms with Gasteiger partial charge in [0.05, 0.1) is 13.7 Å². The van der Waals surface area contributed by atoms with Gasteiger partial charge in [-0.2, -0.15) is 0 Å². The molecule has 3 aromatic rings. The second-order valence-electron chi connectivity index (χ2n) is 7.26. The number of carbonyl (C=O) groups is 2. The number of nitrogens with one attached hydrogen (secondary N) is 1. The minimum Gasteiger partial charge on any atom is -0.497 e. The number of benzene rings is 3. The smallest absolute Gasteiger partial charge is 0.407 e. The Morgan fingerprint density at radius 1 is 0.844 bits per heavy atom. The Labute approximate surface area is 188 Å². The summed E-state index contributed by atoms with van der Waals surface area (Å²) >= 11 is 0. The summed E-state index contributed by atoms with van der Waals surface area (Å²) in [6, 6.07) is 26.8. The van der Waals surface area contributed by atoms with E-state index >= 15 is 0 Å². The first-order valence-electron chi connectivity index (χ1n) is 10.6. The third kappa shape index (κ3) is 7.16. The van der Waals surface area contributed by atoms with Crippen molar-refractivity contribution < 1.29 is 19.1 Å². The second-order valence-corrected chi connectivity index (χ2v) is 7.26. The molecule has 0 aliphatic carbocycles. The van der Waals surface area contributed by atoms with Gasteiger partial charge in [0.15, 0.2) is 0 Å². The zero-order valence-corrected chi connectivity index (χ0v) is 18.2. The number of nitrogens with zero attached hydrogens (tertiary/aromatic N) is 1. The molecule has 0 radical (unpaired) electrons. The Kier molecular flexibility index (Phi) is 8.69. The summed E-state index contributed by atoms with van der Waals surface area (Å²) in [7, 11) is 1.61. The minimum absolute atomic E-state index is 0.0153. The van der Waals surface area contributed by atoms with Gasteiger partial charge in [0.2, 0.25) is 5.91 Å². The normalized spacial score (nSPS) is 10.3. The van der Waals surface area contributed by atoms with E-state index < -0.39 is 6.09 Å². The molecule has 0 unspecified atom stereocenters. The Morgan fingerprint density at radius 3 is 2.09 bits per heavy atom. The van der Waals surface area contributed by atoms with Crippen molar-refractivity contribution in [3.63, 3.8) is 0 Å². The van der Waals surface area contributed by atoms with Crippen molar-refractivity contribution >= 4 is 17.7 Å². The van der Waals surface area contributed by atoms with Crippen molar-refractivity contribution in [2.45, 2.75) is 26.0 Å². The summed E-state index contributed by atoms with van der Waals surface area (Å²) < 4.78 is 10.4.